The van der Waals surface area contributed by atoms with E-state index in [1.54, 1.807) is 12.4 Å². The fraction of sp³-hybridized carbons (Fsp3) is 0.0833. The summed E-state index contributed by atoms with van der Waals surface area (Å²) in [6.07, 6.45) is 3.23. The Morgan fingerprint density at radius 3 is 2.89 bits per heavy atom. The third kappa shape index (κ3) is 2.17. The van der Waals surface area contributed by atoms with Gasteiger partial charge in [-0.3, -0.25) is 5.10 Å². The number of H-pyrrole nitrogens is 1. The number of fused-ring (bicyclic) bond motifs is 1. The number of aromatic nitrogens is 4. The highest BCUT2D eigenvalue weighted by atomic mass is 35.5. The van der Waals surface area contributed by atoms with Crippen LogP contribution in [0.3, 0.4) is 0 Å². The Labute approximate surface area is 114 Å². The summed E-state index contributed by atoms with van der Waals surface area (Å²) in [6.45, 7) is 0. The van der Waals surface area contributed by atoms with Gasteiger partial charge in [-0.15, -0.1) is 0 Å². The molecule has 0 fully saturated rings. The molecule has 0 aliphatic heterocycles. The first-order valence-corrected chi connectivity index (χ1v) is 6.05. The van der Waals surface area contributed by atoms with Crippen LogP contribution in [0.25, 0.3) is 11.2 Å². The van der Waals surface area contributed by atoms with Crippen molar-refractivity contribution in [2.24, 2.45) is 0 Å². The van der Waals surface area contributed by atoms with E-state index in [-0.39, 0.29) is 0 Å². The zero-order valence-corrected chi connectivity index (χ0v) is 10.9. The lowest BCUT2D eigenvalue weighted by Gasteiger charge is -2.08. The standard InChI is InChI=1S/C12H11ClN6/c1-14-9-6-7(2-3-8(9)13)17-12-10-11(18-19-12)16-5-4-15-10/h2-6,14H,1H3,(H2,16,17,18,19). The summed E-state index contributed by atoms with van der Waals surface area (Å²) in [4.78, 5) is 8.35. The van der Waals surface area contributed by atoms with E-state index in [9.17, 15) is 0 Å². The van der Waals surface area contributed by atoms with E-state index in [0.717, 1.165) is 11.4 Å². The maximum absolute atomic E-state index is 6.04. The minimum absolute atomic E-state index is 0.577. The molecule has 2 aromatic heterocycles. The highest BCUT2D eigenvalue weighted by Gasteiger charge is 2.08. The lowest BCUT2D eigenvalue weighted by atomic mass is 10.2. The number of nitrogens with one attached hydrogen (secondary N) is 3. The van der Waals surface area contributed by atoms with Crippen LogP contribution in [0.4, 0.5) is 17.2 Å². The van der Waals surface area contributed by atoms with E-state index in [4.69, 9.17) is 11.6 Å². The molecule has 96 valence electrons. The van der Waals surface area contributed by atoms with Crippen molar-refractivity contribution in [3.05, 3.63) is 35.6 Å². The molecular formula is C12H11ClN6. The van der Waals surface area contributed by atoms with Gasteiger partial charge in [-0.05, 0) is 18.2 Å². The van der Waals surface area contributed by atoms with Crippen molar-refractivity contribution in [3.63, 3.8) is 0 Å². The Morgan fingerprint density at radius 2 is 2.05 bits per heavy atom. The smallest absolute Gasteiger partial charge is 0.201 e. The number of anilines is 3. The summed E-state index contributed by atoms with van der Waals surface area (Å²) >= 11 is 6.04. The summed E-state index contributed by atoms with van der Waals surface area (Å²) in [7, 11) is 1.82. The van der Waals surface area contributed by atoms with E-state index < -0.39 is 0 Å². The highest BCUT2D eigenvalue weighted by Crippen LogP contribution is 2.27. The molecule has 3 aromatic rings. The molecule has 0 atom stereocenters. The first-order chi connectivity index (χ1) is 9.28. The van der Waals surface area contributed by atoms with Gasteiger partial charge < -0.3 is 10.6 Å². The molecule has 0 spiro atoms. The van der Waals surface area contributed by atoms with Gasteiger partial charge in [0.2, 0.25) is 5.65 Å². The summed E-state index contributed by atoms with van der Waals surface area (Å²) in [5, 5.41) is 13.9. The molecule has 3 N–H and O–H groups in total. The number of hydrogen-bond acceptors (Lipinski definition) is 5. The topological polar surface area (TPSA) is 78.5 Å². The second-order valence-electron chi connectivity index (χ2n) is 3.90. The number of rotatable bonds is 3. The van der Waals surface area contributed by atoms with Gasteiger partial charge in [0.25, 0.3) is 0 Å². The Bertz CT molecular complexity index is 723. The van der Waals surface area contributed by atoms with Crippen LogP contribution in [0.15, 0.2) is 30.6 Å². The van der Waals surface area contributed by atoms with Crippen molar-refractivity contribution in [2.75, 3.05) is 17.7 Å². The normalized spacial score (nSPS) is 10.6. The number of nitrogens with zero attached hydrogens (tertiary/aromatic N) is 3. The largest absolute Gasteiger partial charge is 0.387 e. The SMILES string of the molecule is CNc1cc(Nc2[nH]nc3nccnc23)ccc1Cl. The van der Waals surface area contributed by atoms with Crippen molar-refractivity contribution in [2.45, 2.75) is 0 Å². The van der Waals surface area contributed by atoms with E-state index in [1.807, 2.05) is 25.2 Å². The molecule has 0 saturated carbocycles. The molecule has 3 rings (SSSR count). The molecule has 0 bridgehead atoms. The molecule has 7 heteroatoms. The van der Waals surface area contributed by atoms with Gasteiger partial charge in [0.05, 0.1) is 10.7 Å². The van der Waals surface area contributed by atoms with E-state index in [1.165, 1.54) is 0 Å². The van der Waals surface area contributed by atoms with E-state index in [2.05, 4.69) is 30.8 Å². The fourth-order valence-corrected chi connectivity index (χ4v) is 1.99. The van der Waals surface area contributed by atoms with E-state index in [0.29, 0.717) is 22.0 Å². The second-order valence-corrected chi connectivity index (χ2v) is 4.30. The molecule has 0 amide bonds. The minimum Gasteiger partial charge on any atom is -0.387 e. The van der Waals surface area contributed by atoms with E-state index >= 15 is 0 Å². The minimum atomic E-state index is 0.577. The molecule has 0 aliphatic carbocycles. The van der Waals surface area contributed by atoms with Crippen LogP contribution in [0.1, 0.15) is 0 Å². The molecular weight excluding hydrogens is 264 g/mol. The third-order valence-electron chi connectivity index (χ3n) is 2.69. The zero-order valence-electron chi connectivity index (χ0n) is 10.1. The van der Waals surface area contributed by atoms with Crippen molar-refractivity contribution in [3.8, 4) is 0 Å². The predicted octanol–water partition coefficient (Wildman–Crippen LogP) is 2.79. The Kier molecular flexibility index (Phi) is 2.92. The molecule has 0 unspecified atom stereocenters. The Balaban J connectivity index is 1.97. The van der Waals surface area contributed by atoms with Crippen molar-refractivity contribution >= 4 is 40.0 Å². The van der Waals surface area contributed by atoms with Gasteiger partial charge in [0, 0.05) is 25.1 Å². The van der Waals surface area contributed by atoms with Gasteiger partial charge in [-0.25, -0.2) is 9.97 Å². The van der Waals surface area contributed by atoms with Gasteiger partial charge in [0.15, 0.2) is 11.3 Å². The first-order valence-electron chi connectivity index (χ1n) is 5.67. The average molecular weight is 275 g/mol. The molecule has 19 heavy (non-hydrogen) atoms. The summed E-state index contributed by atoms with van der Waals surface area (Å²) < 4.78 is 0. The molecule has 2 heterocycles. The monoisotopic (exact) mass is 274 g/mol. The van der Waals surface area contributed by atoms with Crippen LogP contribution >= 0.6 is 11.6 Å². The van der Waals surface area contributed by atoms with Crippen LogP contribution < -0.4 is 10.6 Å². The lowest BCUT2D eigenvalue weighted by Crippen LogP contribution is -1.95. The molecule has 0 radical (unpaired) electrons. The molecule has 0 aliphatic rings. The number of hydrogen-bond donors (Lipinski definition) is 3. The average Bonchev–Trinajstić information content (AvgIpc) is 2.84. The lowest BCUT2D eigenvalue weighted by molar-refractivity contribution is 1.10. The molecule has 1 aromatic carbocycles. The van der Waals surface area contributed by atoms with Crippen molar-refractivity contribution in [1.29, 1.82) is 0 Å². The maximum Gasteiger partial charge on any atom is 0.201 e. The first kappa shape index (κ1) is 11.7. The fourth-order valence-electron chi connectivity index (χ4n) is 1.78. The summed E-state index contributed by atoms with van der Waals surface area (Å²) in [5.74, 6) is 0.701. The number of aromatic amines is 1. The maximum atomic E-state index is 6.04. The quantitative estimate of drug-likeness (QED) is 0.684. The second kappa shape index (κ2) is 4.74. The van der Waals surface area contributed by atoms with Gasteiger partial charge in [-0.1, -0.05) is 11.6 Å². The number of halogens is 1. The van der Waals surface area contributed by atoms with Crippen molar-refractivity contribution in [1.82, 2.24) is 20.2 Å². The van der Waals surface area contributed by atoms with Crippen LogP contribution in [0.2, 0.25) is 5.02 Å². The van der Waals surface area contributed by atoms with Crippen LogP contribution in [-0.4, -0.2) is 27.2 Å². The van der Waals surface area contributed by atoms with Crippen LogP contribution in [-0.2, 0) is 0 Å². The number of benzene rings is 1. The van der Waals surface area contributed by atoms with Crippen LogP contribution in [0.5, 0.6) is 0 Å². The van der Waals surface area contributed by atoms with Crippen LogP contribution in [0, 0.1) is 0 Å². The summed E-state index contributed by atoms with van der Waals surface area (Å²) in [5.41, 5.74) is 3.00. The Morgan fingerprint density at radius 1 is 1.21 bits per heavy atom. The molecule has 6 nitrogen and oxygen atoms in total. The highest BCUT2D eigenvalue weighted by molar-refractivity contribution is 6.33. The summed E-state index contributed by atoms with van der Waals surface area (Å²) in [6, 6.07) is 5.61. The van der Waals surface area contributed by atoms with Crippen molar-refractivity contribution < 1.29 is 0 Å². The predicted molar refractivity (Wildman–Crippen MR) is 76.0 cm³/mol. The van der Waals surface area contributed by atoms with Gasteiger partial charge >= 0.3 is 0 Å². The van der Waals surface area contributed by atoms with Gasteiger partial charge in [-0.2, -0.15) is 5.10 Å². The Hall–Kier alpha value is -2.34. The zero-order chi connectivity index (χ0) is 13.2. The van der Waals surface area contributed by atoms with Gasteiger partial charge in [0.1, 0.15) is 0 Å². The molecule has 0 saturated heterocycles. The third-order valence-corrected chi connectivity index (χ3v) is 3.02.